The molecule has 0 spiro atoms. The van der Waals surface area contributed by atoms with E-state index in [-0.39, 0.29) is 0 Å². The minimum atomic E-state index is 0.992. The second-order valence-electron chi connectivity index (χ2n) is 5.13. The number of nitrogens with one attached hydrogen (secondary N) is 1. The van der Waals surface area contributed by atoms with Crippen LogP contribution in [0.5, 0.6) is 0 Å². The summed E-state index contributed by atoms with van der Waals surface area (Å²) >= 11 is 1.87. The van der Waals surface area contributed by atoms with Crippen LogP contribution < -0.4 is 5.32 Å². The summed E-state index contributed by atoms with van der Waals surface area (Å²) in [5.74, 6) is 0. The lowest BCUT2D eigenvalue weighted by Gasteiger charge is -2.26. The minimum absolute atomic E-state index is 0.992. The minimum Gasteiger partial charge on any atom is -0.314 e. The summed E-state index contributed by atoms with van der Waals surface area (Å²) in [7, 11) is 0. The molecule has 2 aromatic rings. The molecule has 1 saturated heterocycles. The Labute approximate surface area is 124 Å². The molecule has 106 valence electrons. The van der Waals surface area contributed by atoms with E-state index >= 15 is 0 Å². The van der Waals surface area contributed by atoms with Crippen LogP contribution in [-0.2, 0) is 13.0 Å². The molecule has 1 fully saturated rings. The summed E-state index contributed by atoms with van der Waals surface area (Å²) in [5, 5.41) is 4.65. The van der Waals surface area contributed by atoms with Gasteiger partial charge < -0.3 is 5.32 Å². The van der Waals surface area contributed by atoms with Gasteiger partial charge in [-0.2, -0.15) is 0 Å². The maximum Gasteiger partial charge on any atom is 0.108 e. The molecule has 1 N–H and O–H groups in total. The molecule has 1 aliphatic rings. The SMILES string of the molecule is CCc1sc(CN2CCNCC2)nc1-c1ccccc1. The number of benzene rings is 1. The number of nitrogens with zero attached hydrogens (tertiary/aromatic N) is 2. The first-order valence-corrected chi connectivity index (χ1v) is 8.15. The van der Waals surface area contributed by atoms with Crippen LogP contribution in [-0.4, -0.2) is 36.1 Å². The van der Waals surface area contributed by atoms with Gasteiger partial charge in [0.25, 0.3) is 0 Å². The first kappa shape index (κ1) is 13.7. The van der Waals surface area contributed by atoms with Gasteiger partial charge in [-0.25, -0.2) is 4.98 Å². The molecule has 1 aromatic carbocycles. The predicted molar refractivity (Wildman–Crippen MR) is 85.1 cm³/mol. The largest absolute Gasteiger partial charge is 0.314 e. The van der Waals surface area contributed by atoms with E-state index in [9.17, 15) is 0 Å². The van der Waals surface area contributed by atoms with Gasteiger partial charge in [-0.15, -0.1) is 11.3 Å². The van der Waals surface area contributed by atoms with Gasteiger partial charge in [-0.05, 0) is 6.42 Å². The van der Waals surface area contributed by atoms with Gasteiger partial charge in [0.2, 0.25) is 0 Å². The summed E-state index contributed by atoms with van der Waals surface area (Å²) in [6.07, 6.45) is 1.06. The van der Waals surface area contributed by atoms with Crippen molar-refractivity contribution in [1.29, 1.82) is 0 Å². The Kier molecular flexibility index (Phi) is 4.45. The average Bonchev–Trinajstić information content (AvgIpc) is 2.92. The first-order chi connectivity index (χ1) is 9.86. The van der Waals surface area contributed by atoms with E-state index in [4.69, 9.17) is 4.98 Å². The molecule has 2 heterocycles. The van der Waals surface area contributed by atoms with Crippen LogP contribution in [0.25, 0.3) is 11.3 Å². The zero-order valence-corrected chi connectivity index (χ0v) is 12.7. The van der Waals surface area contributed by atoms with Crippen molar-refractivity contribution >= 4 is 11.3 Å². The van der Waals surface area contributed by atoms with Gasteiger partial charge in [-0.3, -0.25) is 4.90 Å². The number of aryl methyl sites for hydroxylation is 1. The topological polar surface area (TPSA) is 28.2 Å². The quantitative estimate of drug-likeness (QED) is 0.937. The Morgan fingerprint density at radius 1 is 1.20 bits per heavy atom. The van der Waals surface area contributed by atoms with E-state index in [1.54, 1.807) is 0 Å². The van der Waals surface area contributed by atoms with Gasteiger partial charge in [0, 0.05) is 36.6 Å². The Balaban J connectivity index is 1.81. The Bertz CT molecular complexity index is 544. The van der Waals surface area contributed by atoms with Crippen LogP contribution in [0.3, 0.4) is 0 Å². The number of aromatic nitrogens is 1. The van der Waals surface area contributed by atoms with Crippen LogP contribution in [0.2, 0.25) is 0 Å². The third-order valence-corrected chi connectivity index (χ3v) is 4.86. The second-order valence-corrected chi connectivity index (χ2v) is 6.29. The van der Waals surface area contributed by atoms with Crippen molar-refractivity contribution in [3.05, 3.63) is 40.2 Å². The number of hydrogen-bond donors (Lipinski definition) is 1. The zero-order valence-electron chi connectivity index (χ0n) is 11.9. The zero-order chi connectivity index (χ0) is 13.8. The summed E-state index contributed by atoms with van der Waals surface area (Å²) in [5.41, 5.74) is 2.43. The van der Waals surface area contributed by atoms with Crippen molar-refractivity contribution in [1.82, 2.24) is 15.2 Å². The van der Waals surface area contributed by atoms with E-state index in [0.29, 0.717) is 0 Å². The standard InChI is InChI=1S/C16H21N3S/c1-2-14-16(13-6-4-3-5-7-13)18-15(20-14)12-19-10-8-17-9-11-19/h3-7,17H,2,8-12H2,1H3. The molecule has 0 bridgehead atoms. The molecule has 3 rings (SSSR count). The van der Waals surface area contributed by atoms with Crippen molar-refractivity contribution < 1.29 is 0 Å². The third kappa shape index (κ3) is 3.08. The Morgan fingerprint density at radius 2 is 1.95 bits per heavy atom. The van der Waals surface area contributed by atoms with E-state index in [2.05, 4.69) is 47.5 Å². The highest BCUT2D eigenvalue weighted by molar-refractivity contribution is 7.12. The molecule has 0 atom stereocenters. The summed E-state index contributed by atoms with van der Waals surface area (Å²) < 4.78 is 0. The molecule has 4 heteroatoms. The Morgan fingerprint density at radius 3 is 2.65 bits per heavy atom. The highest BCUT2D eigenvalue weighted by atomic mass is 32.1. The fourth-order valence-electron chi connectivity index (χ4n) is 2.59. The van der Waals surface area contributed by atoms with Gasteiger partial charge in [0.05, 0.1) is 12.2 Å². The van der Waals surface area contributed by atoms with E-state index in [1.807, 2.05) is 11.3 Å². The molecule has 0 aliphatic carbocycles. The van der Waals surface area contributed by atoms with Crippen molar-refractivity contribution in [2.24, 2.45) is 0 Å². The van der Waals surface area contributed by atoms with E-state index in [1.165, 1.54) is 21.1 Å². The van der Waals surface area contributed by atoms with Gasteiger partial charge >= 0.3 is 0 Å². The van der Waals surface area contributed by atoms with Gasteiger partial charge in [-0.1, -0.05) is 37.3 Å². The number of hydrogen-bond acceptors (Lipinski definition) is 4. The van der Waals surface area contributed by atoms with Crippen molar-refractivity contribution in [2.45, 2.75) is 19.9 Å². The predicted octanol–water partition coefficient (Wildman–Crippen LogP) is 2.78. The molecular formula is C16H21N3S. The summed E-state index contributed by atoms with van der Waals surface area (Å²) in [6, 6.07) is 10.5. The molecular weight excluding hydrogens is 266 g/mol. The molecule has 1 aliphatic heterocycles. The molecule has 0 unspecified atom stereocenters. The van der Waals surface area contributed by atoms with E-state index in [0.717, 1.165) is 39.1 Å². The fraction of sp³-hybridized carbons (Fsp3) is 0.438. The molecule has 3 nitrogen and oxygen atoms in total. The highest BCUT2D eigenvalue weighted by Gasteiger charge is 2.15. The van der Waals surface area contributed by atoms with Crippen LogP contribution in [0.15, 0.2) is 30.3 Å². The van der Waals surface area contributed by atoms with E-state index < -0.39 is 0 Å². The molecule has 20 heavy (non-hydrogen) atoms. The van der Waals surface area contributed by atoms with Gasteiger partial charge in [0.1, 0.15) is 5.01 Å². The van der Waals surface area contributed by atoms with Crippen LogP contribution in [0.1, 0.15) is 16.8 Å². The normalized spacial score (nSPS) is 16.4. The van der Waals surface area contributed by atoms with Crippen molar-refractivity contribution in [3.63, 3.8) is 0 Å². The van der Waals surface area contributed by atoms with Crippen LogP contribution in [0.4, 0.5) is 0 Å². The van der Waals surface area contributed by atoms with Crippen LogP contribution in [0, 0.1) is 0 Å². The molecule has 0 amide bonds. The maximum atomic E-state index is 4.90. The smallest absolute Gasteiger partial charge is 0.108 e. The van der Waals surface area contributed by atoms with Crippen LogP contribution >= 0.6 is 11.3 Å². The maximum absolute atomic E-state index is 4.90. The lowest BCUT2D eigenvalue weighted by Crippen LogP contribution is -2.42. The molecule has 0 radical (unpaired) electrons. The summed E-state index contributed by atoms with van der Waals surface area (Å²) in [6.45, 7) is 7.65. The summed E-state index contributed by atoms with van der Waals surface area (Å²) in [4.78, 5) is 8.80. The second kappa shape index (κ2) is 6.48. The molecule has 1 aromatic heterocycles. The lowest BCUT2D eigenvalue weighted by atomic mass is 10.1. The third-order valence-electron chi connectivity index (χ3n) is 3.68. The molecule has 0 saturated carbocycles. The number of rotatable bonds is 4. The highest BCUT2D eigenvalue weighted by Crippen LogP contribution is 2.29. The van der Waals surface area contributed by atoms with Gasteiger partial charge in [0.15, 0.2) is 0 Å². The lowest BCUT2D eigenvalue weighted by molar-refractivity contribution is 0.233. The first-order valence-electron chi connectivity index (χ1n) is 7.34. The average molecular weight is 287 g/mol. The number of piperazine rings is 1. The van der Waals surface area contributed by atoms with Crippen molar-refractivity contribution in [2.75, 3.05) is 26.2 Å². The monoisotopic (exact) mass is 287 g/mol. The van der Waals surface area contributed by atoms with Crippen molar-refractivity contribution in [3.8, 4) is 11.3 Å². The number of thiazole rings is 1. The Hall–Kier alpha value is -1.23. The fourth-order valence-corrected chi connectivity index (χ4v) is 3.66.